The van der Waals surface area contributed by atoms with E-state index in [0.717, 1.165) is 30.4 Å². The van der Waals surface area contributed by atoms with E-state index in [0.29, 0.717) is 5.56 Å². The number of piperazine rings is 1. The van der Waals surface area contributed by atoms with Crippen LogP contribution in [0.5, 0.6) is 0 Å². The highest BCUT2D eigenvalue weighted by Gasteiger charge is 2.14. The van der Waals surface area contributed by atoms with Crippen LogP contribution in [0, 0.1) is 0 Å². The number of likely N-dealkylation sites (N-methyl/N-ethyl adjacent to an activating group) is 1. The molecule has 25 heavy (non-hydrogen) atoms. The largest absolute Gasteiger partial charge is 0.352 e. The Bertz CT molecular complexity index is 675. The number of unbranched alkanes of at least 4 members (excludes halogenated alkanes) is 2. The lowest BCUT2D eigenvalue weighted by atomic mass is 10.1. The van der Waals surface area contributed by atoms with Gasteiger partial charge in [0.05, 0.1) is 17.4 Å². The number of aromatic nitrogens is 2. The van der Waals surface area contributed by atoms with Gasteiger partial charge in [0, 0.05) is 38.3 Å². The summed E-state index contributed by atoms with van der Waals surface area (Å²) in [6.45, 7) is 10.1. The van der Waals surface area contributed by atoms with Crippen molar-refractivity contribution >= 4 is 16.9 Å². The smallest absolute Gasteiger partial charge is 0.251 e. The van der Waals surface area contributed by atoms with Crippen LogP contribution in [0.15, 0.2) is 24.5 Å². The summed E-state index contributed by atoms with van der Waals surface area (Å²) in [4.78, 5) is 24.5. The van der Waals surface area contributed by atoms with Crippen LogP contribution >= 0.6 is 0 Å². The Labute approximate surface area is 149 Å². The van der Waals surface area contributed by atoms with Gasteiger partial charge in [-0.1, -0.05) is 13.3 Å². The van der Waals surface area contributed by atoms with Crippen LogP contribution in [0.4, 0.5) is 0 Å². The zero-order chi connectivity index (χ0) is 17.5. The number of benzene rings is 1. The van der Waals surface area contributed by atoms with Gasteiger partial charge in [-0.3, -0.25) is 4.79 Å². The number of carbonyl (C=O) groups excluding carboxylic acids is 1. The lowest BCUT2D eigenvalue weighted by Crippen LogP contribution is -2.46. The number of nitrogens with zero attached hydrogens (tertiary/aromatic N) is 3. The van der Waals surface area contributed by atoms with E-state index in [4.69, 9.17) is 0 Å². The van der Waals surface area contributed by atoms with Gasteiger partial charge in [-0.05, 0) is 44.1 Å². The molecule has 0 spiro atoms. The number of aromatic amines is 1. The molecule has 2 aromatic rings. The van der Waals surface area contributed by atoms with Crippen LogP contribution in [0.3, 0.4) is 0 Å². The maximum Gasteiger partial charge on any atom is 0.251 e. The number of hydrogen-bond acceptors (Lipinski definition) is 4. The SMILES string of the molecule is CCN1CCN(CCCCCNC(=O)c2ccc3nc[nH]c3c2)CC1. The van der Waals surface area contributed by atoms with Gasteiger partial charge < -0.3 is 20.1 Å². The molecule has 0 bridgehead atoms. The fraction of sp³-hybridized carbons (Fsp3) is 0.579. The van der Waals surface area contributed by atoms with Crippen molar-refractivity contribution in [3.63, 3.8) is 0 Å². The van der Waals surface area contributed by atoms with Gasteiger partial charge in [0.15, 0.2) is 0 Å². The van der Waals surface area contributed by atoms with Crippen molar-refractivity contribution in [3.8, 4) is 0 Å². The first kappa shape index (κ1) is 17.9. The topological polar surface area (TPSA) is 64.3 Å². The normalized spacial score (nSPS) is 16.4. The summed E-state index contributed by atoms with van der Waals surface area (Å²) in [7, 11) is 0. The number of rotatable bonds is 8. The molecule has 1 aromatic heterocycles. The Morgan fingerprint density at radius 2 is 1.96 bits per heavy atom. The minimum atomic E-state index is -0.00723. The quantitative estimate of drug-likeness (QED) is 0.721. The van der Waals surface area contributed by atoms with Crippen molar-refractivity contribution in [1.29, 1.82) is 0 Å². The van der Waals surface area contributed by atoms with Crippen molar-refractivity contribution in [1.82, 2.24) is 25.1 Å². The molecule has 0 saturated carbocycles. The van der Waals surface area contributed by atoms with E-state index < -0.39 is 0 Å². The van der Waals surface area contributed by atoms with Crippen LogP contribution in [0.1, 0.15) is 36.5 Å². The standard InChI is InChI=1S/C19H29N5O/c1-2-23-10-12-24(13-11-23)9-5-3-4-8-20-19(25)16-6-7-17-18(14-16)22-15-21-17/h6-7,14-15H,2-5,8-13H2,1H3,(H,20,25)(H,21,22). The second-order valence-corrected chi connectivity index (χ2v) is 6.73. The molecule has 1 fully saturated rings. The number of amides is 1. The minimum Gasteiger partial charge on any atom is -0.352 e. The first-order valence-electron chi connectivity index (χ1n) is 9.42. The highest BCUT2D eigenvalue weighted by molar-refractivity contribution is 5.97. The Morgan fingerprint density at radius 3 is 2.76 bits per heavy atom. The van der Waals surface area contributed by atoms with Crippen LogP contribution in [-0.2, 0) is 0 Å². The summed E-state index contributed by atoms with van der Waals surface area (Å²) in [6.07, 6.45) is 5.05. The summed E-state index contributed by atoms with van der Waals surface area (Å²) < 4.78 is 0. The first-order valence-corrected chi connectivity index (χ1v) is 9.42. The first-order chi connectivity index (χ1) is 12.3. The maximum absolute atomic E-state index is 12.2. The van der Waals surface area contributed by atoms with E-state index >= 15 is 0 Å². The molecule has 1 amide bonds. The van der Waals surface area contributed by atoms with E-state index in [1.165, 1.54) is 45.7 Å². The van der Waals surface area contributed by atoms with Crippen LogP contribution in [0.25, 0.3) is 11.0 Å². The molecule has 0 radical (unpaired) electrons. The van der Waals surface area contributed by atoms with Gasteiger partial charge in [-0.15, -0.1) is 0 Å². The molecule has 2 N–H and O–H groups in total. The predicted molar refractivity (Wildman–Crippen MR) is 101 cm³/mol. The van der Waals surface area contributed by atoms with Crippen LogP contribution < -0.4 is 5.32 Å². The number of H-pyrrole nitrogens is 1. The fourth-order valence-electron chi connectivity index (χ4n) is 3.35. The zero-order valence-corrected chi connectivity index (χ0v) is 15.1. The average Bonchev–Trinajstić information content (AvgIpc) is 3.12. The molecule has 6 heteroatoms. The lowest BCUT2D eigenvalue weighted by molar-refractivity contribution is 0.0952. The highest BCUT2D eigenvalue weighted by Crippen LogP contribution is 2.11. The summed E-state index contributed by atoms with van der Waals surface area (Å²) in [6, 6.07) is 5.56. The molecule has 1 aromatic carbocycles. The Hall–Kier alpha value is -1.92. The number of imidazole rings is 1. The molecule has 1 aliphatic heterocycles. The number of carbonyl (C=O) groups is 1. The molecule has 0 unspecified atom stereocenters. The predicted octanol–water partition coefficient (Wildman–Crippen LogP) is 2.10. The molecule has 1 aliphatic rings. The monoisotopic (exact) mass is 343 g/mol. The second-order valence-electron chi connectivity index (χ2n) is 6.73. The van der Waals surface area contributed by atoms with Gasteiger partial charge in [0.25, 0.3) is 5.91 Å². The highest BCUT2D eigenvalue weighted by atomic mass is 16.1. The van der Waals surface area contributed by atoms with Gasteiger partial charge in [0.2, 0.25) is 0 Å². The molecule has 6 nitrogen and oxygen atoms in total. The molecular weight excluding hydrogens is 314 g/mol. The number of fused-ring (bicyclic) bond motifs is 1. The van der Waals surface area contributed by atoms with E-state index in [9.17, 15) is 4.79 Å². The molecule has 0 atom stereocenters. The van der Waals surface area contributed by atoms with Crippen LogP contribution in [0.2, 0.25) is 0 Å². The number of hydrogen-bond donors (Lipinski definition) is 2. The maximum atomic E-state index is 12.2. The third kappa shape index (κ3) is 5.03. The van der Waals surface area contributed by atoms with Gasteiger partial charge in [-0.2, -0.15) is 0 Å². The van der Waals surface area contributed by atoms with Crippen molar-refractivity contribution in [3.05, 3.63) is 30.1 Å². The Balaban J connectivity index is 1.29. The Morgan fingerprint density at radius 1 is 1.16 bits per heavy atom. The summed E-state index contributed by atoms with van der Waals surface area (Å²) >= 11 is 0. The van der Waals surface area contributed by atoms with Crippen molar-refractivity contribution in [2.24, 2.45) is 0 Å². The molecular formula is C19H29N5O. The molecule has 2 heterocycles. The molecule has 136 valence electrons. The minimum absolute atomic E-state index is 0.00723. The molecule has 1 saturated heterocycles. The van der Waals surface area contributed by atoms with Crippen LogP contribution in [-0.4, -0.2) is 71.5 Å². The third-order valence-corrected chi connectivity index (χ3v) is 5.03. The van der Waals surface area contributed by atoms with Crippen molar-refractivity contribution < 1.29 is 4.79 Å². The second kappa shape index (κ2) is 8.97. The van der Waals surface area contributed by atoms with E-state index in [2.05, 4.69) is 32.0 Å². The van der Waals surface area contributed by atoms with Gasteiger partial charge >= 0.3 is 0 Å². The summed E-state index contributed by atoms with van der Waals surface area (Å²) in [5, 5.41) is 3.01. The third-order valence-electron chi connectivity index (χ3n) is 5.03. The van der Waals surface area contributed by atoms with Gasteiger partial charge in [-0.25, -0.2) is 4.98 Å². The van der Waals surface area contributed by atoms with E-state index in [1.807, 2.05) is 18.2 Å². The molecule has 0 aliphatic carbocycles. The Kier molecular flexibility index (Phi) is 6.42. The molecule has 3 rings (SSSR count). The lowest BCUT2D eigenvalue weighted by Gasteiger charge is -2.33. The van der Waals surface area contributed by atoms with Gasteiger partial charge in [0.1, 0.15) is 0 Å². The fourth-order valence-corrected chi connectivity index (χ4v) is 3.35. The van der Waals surface area contributed by atoms with E-state index in [1.54, 1.807) is 6.33 Å². The average molecular weight is 343 g/mol. The number of nitrogens with one attached hydrogen (secondary N) is 2. The summed E-state index contributed by atoms with van der Waals surface area (Å²) in [5.41, 5.74) is 2.47. The van der Waals surface area contributed by atoms with Crippen molar-refractivity contribution in [2.45, 2.75) is 26.2 Å². The van der Waals surface area contributed by atoms with E-state index in [-0.39, 0.29) is 5.91 Å². The summed E-state index contributed by atoms with van der Waals surface area (Å²) in [5.74, 6) is -0.00723. The van der Waals surface area contributed by atoms with Crippen molar-refractivity contribution in [2.75, 3.05) is 45.8 Å². The zero-order valence-electron chi connectivity index (χ0n) is 15.1.